The topological polar surface area (TPSA) is 24.9 Å². The summed E-state index contributed by atoms with van der Waals surface area (Å²) in [6, 6.07) is 5.43. The molecule has 1 aliphatic heterocycles. The van der Waals surface area contributed by atoms with Gasteiger partial charge < -0.3 is 5.32 Å². The Morgan fingerprint density at radius 2 is 2.31 bits per heavy atom. The molecule has 1 N–H and O–H groups in total. The van der Waals surface area contributed by atoms with Gasteiger partial charge in [0.15, 0.2) is 0 Å². The molecule has 2 heterocycles. The van der Waals surface area contributed by atoms with E-state index in [-0.39, 0.29) is 0 Å². The second-order valence-corrected chi connectivity index (χ2v) is 5.47. The van der Waals surface area contributed by atoms with Gasteiger partial charge in [-0.3, -0.25) is 4.98 Å². The molecular formula is C13H20N2S. The number of rotatable bonds is 4. The summed E-state index contributed by atoms with van der Waals surface area (Å²) >= 11 is 2.08. The maximum Gasteiger partial charge on any atom is 0.0321 e. The van der Waals surface area contributed by atoms with Gasteiger partial charge in [-0.15, -0.1) is 0 Å². The van der Waals surface area contributed by atoms with Crippen LogP contribution in [0.4, 0.5) is 0 Å². The van der Waals surface area contributed by atoms with E-state index in [0.29, 0.717) is 12.1 Å². The molecule has 0 bridgehead atoms. The van der Waals surface area contributed by atoms with Gasteiger partial charge in [0.25, 0.3) is 0 Å². The van der Waals surface area contributed by atoms with E-state index in [2.05, 4.69) is 41.1 Å². The first-order valence-electron chi connectivity index (χ1n) is 6.14. The minimum absolute atomic E-state index is 0.492. The fourth-order valence-electron chi connectivity index (χ4n) is 2.20. The Morgan fingerprint density at radius 3 is 2.94 bits per heavy atom. The molecule has 0 amide bonds. The average Bonchev–Trinajstić information content (AvgIpc) is 2.38. The molecule has 0 aliphatic carbocycles. The SMILES string of the molecule is CCC(NC1CCCSC1)c1ccncc1. The molecule has 2 nitrogen and oxygen atoms in total. The predicted octanol–water partition coefficient (Wildman–Crippen LogP) is 3.02. The van der Waals surface area contributed by atoms with Gasteiger partial charge in [0.1, 0.15) is 0 Å². The first-order valence-corrected chi connectivity index (χ1v) is 7.29. The van der Waals surface area contributed by atoms with E-state index in [9.17, 15) is 0 Å². The van der Waals surface area contributed by atoms with Crippen molar-refractivity contribution in [2.75, 3.05) is 11.5 Å². The van der Waals surface area contributed by atoms with Gasteiger partial charge in [-0.05, 0) is 42.7 Å². The van der Waals surface area contributed by atoms with Crippen molar-refractivity contribution in [3.8, 4) is 0 Å². The van der Waals surface area contributed by atoms with E-state index in [1.165, 1.54) is 29.9 Å². The summed E-state index contributed by atoms with van der Waals surface area (Å²) in [6.45, 7) is 2.24. The van der Waals surface area contributed by atoms with Gasteiger partial charge in [-0.25, -0.2) is 0 Å². The number of hydrogen-bond donors (Lipinski definition) is 1. The lowest BCUT2D eigenvalue weighted by atomic mass is 10.0. The van der Waals surface area contributed by atoms with Crippen molar-refractivity contribution in [2.24, 2.45) is 0 Å². The Kier molecular flexibility index (Phi) is 4.67. The number of pyridine rings is 1. The number of hydrogen-bond acceptors (Lipinski definition) is 3. The monoisotopic (exact) mass is 236 g/mol. The molecule has 0 aromatic carbocycles. The zero-order valence-electron chi connectivity index (χ0n) is 9.86. The van der Waals surface area contributed by atoms with Crippen molar-refractivity contribution >= 4 is 11.8 Å². The molecule has 1 fully saturated rings. The van der Waals surface area contributed by atoms with Crippen LogP contribution < -0.4 is 5.32 Å². The second-order valence-electron chi connectivity index (χ2n) is 4.32. The van der Waals surface area contributed by atoms with Crippen LogP contribution in [0.1, 0.15) is 37.8 Å². The third-order valence-corrected chi connectivity index (χ3v) is 4.33. The van der Waals surface area contributed by atoms with Crippen LogP contribution >= 0.6 is 11.8 Å². The highest BCUT2D eigenvalue weighted by Crippen LogP contribution is 2.22. The van der Waals surface area contributed by atoms with E-state index in [1.807, 2.05) is 12.4 Å². The summed E-state index contributed by atoms with van der Waals surface area (Å²) in [6.07, 6.45) is 7.60. The molecule has 3 heteroatoms. The first kappa shape index (κ1) is 11.9. The quantitative estimate of drug-likeness (QED) is 0.870. The van der Waals surface area contributed by atoms with E-state index in [4.69, 9.17) is 0 Å². The van der Waals surface area contributed by atoms with Gasteiger partial charge in [-0.1, -0.05) is 6.92 Å². The molecule has 0 spiro atoms. The van der Waals surface area contributed by atoms with Crippen LogP contribution in [0.25, 0.3) is 0 Å². The summed E-state index contributed by atoms with van der Waals surface area (Å²) in [5.74, 6) is 2.60. The second kappa shape index (κ2) is 6.26. The lowest BCUT2D eigenvalue weighted by molar-refractivity contribution is 0.424. The van der Waals surface area contributed by atoms with Gasteiger partial charge in [-0.2, -0.15) is 11.8 Å². The molecule has 88 valence electrons. The van der Waals surface area contributed by atoms with Crippen molar-refractivity contribution in [2.45, 2.75) is 38.3 Å². The number of nitrogens with zero attached hydrogens (tertiary/aromatic N) is 1. The van der Waals surface area contributed by atoms with Crippen LogP contribution in [-0.4, -0.2) is 22.5 Å². The van der Waals surface area contributed by atoms with Crippen molar-refractivity contribution in [3.05, 3.63) is 30.1 Å². The van der Waals surface area contributed by atoms with E-state index < -0.39 is 0 Å². The Morgan fingerprint density at radius 1 is 1.50 bits per heavy atom. The molecule has 16 heavy (non-hydrogen) atoms. The van der Waals surface area contributed by atoms with E-state index in [0.717, 1.165) is 6.42 Å². The standard InChI is InChI=1S/C13H20N2S/c1-2-13(11-5-7-14-8-6-11)15-12-4-3-9-16-10-12/h5-8,12-13,15H,2-4,9-10H2,1H3. The van der Waals surface area contributed by atoms with Crippen LogP contribution in [0, 0.1) is 0 Å². The maximum absolute atomic E-state index is 4.08. The zero-order chi connectivity index (χ0) is 11.2. The van der Waals surface area contributed by atoms with Gasteiger partial charge in [0, 0.05) is 30.2 Å². The highest BCUT2D eigenvalue weighted by atomic mass is 32.2. The lowest BCUT2D eigenvalue weighted by Crippen LogP contribution is -2.36. The zero-order valence-corrected chi connectivity index (χ0v) is 10.7. The maximum atomic E-state index is 4.08. The van der Waals surface area contributed by atoms with Gasteiger partial charge in [0.05, 0.1) is 0 Å². The summed E-state index contributed by atoms with van der Waals surface area (Å²) in [7, 11) is 0. The largest absolute Gasteiger partial charge is 0.306 e. The summed E-state index contributed by atoms with van der Waals surface area (Å²) in [4.78, 5) is 4.08. The lowest BCUT2D eigenvalue weighted by Gasteiger charge is -2.28. The molecule has 2 atom stereocenters. The molecule has 2 rings (SSSR count). The van der Waals surface area contributed by atoms with Crippen molar-refractivity contribution in [1.29, 1.82) is 0 Å². The van der Waals surface area contributed by atoms with Crippen LogP contribution in [0.3, 0.4) is 0 Å². The smallest absolute Gasteiger partial charge is 0.0321 e. The predicted molar refractivity (Wildman–Crippen MR) is 70.8 cm³/mol. The van der Waals surface area contributed by atoms with E-state index >= 15 is 0 Å². The minimum atomic E-state index is 0.492. The van der Waals surface area contributed by atoms with Crippen LogP contribution in [0.5, 0.6) is 0 Å². The Labute approximate surface area is 102 Å². The van der Waals surface area contributed by atoms with Crippen LogP contribution in [0.15, 0.2) is 24.5 Å². The Hall–Kier alpha value is -0.540. The molecular weight excluding hydrogens is 216 g/mol. The highest BCUT2D eigenvalue weighted by molar-refractivity contribution is 7.99. The minimum Gasteiger partial charge on any atom is -0.306 e. The fraction of sp³-hybridized carbons (Fsp3) is 0.615. The van der Waals surface area contributed by atoms with Gasteiger partial charge >= 0.3 is 0 Å². The van der Waals surface area contributed by atoms with Crippen LogP contribution in [0.2, 0.25) is 0 Å². The van der Waals surface area contributed by atoms with E-state index in [1.54, 1.807) is 0 Å². The number of nitrogens with one attached hydrogen (secondary N) is 1. The van der Waals surface area contributed by atoms with Gasteiger partial charge in [0.2, 0.25) is 0 Å². The summed E-state index contributed by atoms with van der Waals surface area (Å²) in [5.41, 5.74) is 1.37. The van der Waals surface area contributed by atoms with Crippen molar-refractivity contribution in [1.82, 2.24) is 10.3 Å². The van der Waals surface area contributed by atoms with Crippen LogP contribution in [-0.2, 0) is 0 Å². The molecule has 1 saturated heterocycles. The third-order valence-electron chi connectivity index (χ3n) is 3.11. The molecule has 1 aliphatic rings. The molecule has 0 saturated carbocycles. The fourth-order valence-corrected chi connectivity index (χ4v) is 3.29. The summed E-state index contributed by atoms with van der Waals surface area (Å²) in [5, 5.41) is 3.77. The van der Waals surface area contributed by atoms with Crippen molar-refractivity contribution < 1.29 is 0 Å². The Balaban J connectivity index is 1.94. The number of aromatic nitrogens is 1. The summed E-state index contributed by atoms with van der Waals surface area (Å²) < 4.78 is 0. The normalized spacial score (nSPS) is 22.9. The highest BCUT2D eigenvalue weighted by Gasteiger charge is 2.17. The van der Waals surface area contributed by atoms with Crippen molar-refractivity contribution in [3.63, 3.8) is 0 Å². The molecule has 0 radical (unpaired) electrons. The first-order chi connectivity index (χ1) is 7.90. The molecule has 2 unspecified atom stereocenters. The molecule has 1 aromatic heterocycles. The third kappa shape index (κ3) is 3.22. The average molecular weight is 236 g/mol. The molecule has 1 aromatic rings. The number of thioether (sulfide) groups is 1. The Bertz CT molecular complexity index is 296.